The number of allylic oxidation sites excluding steroid dienone is 2. The fourth-order valence-corrected chi connectivity index (χ4v) is 9.00. The van der Waals surface area contributed by atoms with E-state index in [1.807, 2.05) is 0 Å². The van der Waals surface area contributed by atoms with Crippen LogP contribution in [0.2, 0.25) is 0 Å². The summed E-state index contributed by atoms with van der Waals surface area (Å²) < 4.78 is 10.3. The highest BCUT2D eigenvalue weighted by Crippen LogP contribution is 2.69. The maximum Gasteiger partial charge on any atom is 0.174 e. The summed E-state index contributed by atoms with van der Waals surface area (Å²) in [5.74, 6) is 0. The molecule has 1 atom stereocenters. The van der Waals surface area contributed by atoms with Crippen LogP contribution in [0.15, 0.2) is 63.3 Å². The van der Waals surface area contributed by atoms with Gasteiger partial charge in [-0.25, -0.2) is 14.2 Å². The quantitative estimate of drug-likeness (QED) is 0.477. The Balaban J connectivity index is 2.09. The van der Waals surface area contributed by atoms with Gasteiger partial charge in [0.15, 0.2) is 7.36 Å². The summed E-state index contributed by atoms with van der Waals surface area (Å²) in [6, 6.07) is 15.2. The molecule has 0 aromatic heterocycles. The maximum absolute atomic E-state index is 5.62. The second-order valence-electron chi connectivity index (χ2n) is 9.20. The Morgan fingerprint density at radius 2 is 1.69 bits per heavy atom. The number of hydrazone groups is 1. The minimum Gasteiger partial charge on any atom is -0.346 e. The molecular weight excluding hydrogens is 413 g/mol. The fraction of sp³-hybridized carbons (Fsp3) is 0.423. The van der Waals surface area contributed by atoms with Crippen molar-refractivity contribution in [1.82, 2.24) is 9.45 Å². The van der Waals surface area contributed by atoms with Crippen LogP contribution in [-0.4, -0.2) is 42.8 Å². The number of likely N-dealkylation sites (N-methyl/N-ethyl adjacent to an activating group) is 1. The highest BCUT2D eigenvalue weighted by atomic mass is 31.2. The van der Waals surface area contributed by atoms with E-state index in [1.54, 1.807) is 0 Å². The van der Waals surface area contributed by atoms with Gasteiger partial charge in [-0.1, -0.05) is 58.0 Å². The molecular formula is C26H36N5P. The maximum atomic E-state index is 5.62. The van der Waals surface area contributed by atoms with E-state index in [4.69, 9.17) is 9.85 Å². The number of hydrogen-bond acceptors (Lipinski definition) is 3. The van der Waals surface area contributed by atoms with Crippen LogP contribution in [0.25, 0.3) is 0 Å². The number of para-hydroxylation sites is 1. The number of anilines is 1. The number of nitrogens with zero attached hydrogens (tertiary/aromatic N) is 5. The summed E-state index contributed by atoms with van der Waals surface area (Å²) in [6.07, 6.45) is 2.08. The summed E-state index contributed by atoms with van der Waals surface area (Å²) in [7, 11) is 1.97. The Hall–Kier alpha value is -2.36. The molecule has 5 nitrogen and oxygen atoms in total. The normalized spacial score (nSPS) is 23.9. The molecule has 170 valence electrons. The smallest absolute Gasteiger partial charge is 0.174 e. The number of benzene rings is 2. The van der Waals surface area contributed by atoms with Crippen molar-refractivity contribution in [3.63, 3.8) is 0 Å². The lowest BCUT2D eigenvalue weighted by Crippen LogP contribution is -2.30. The van der Waals surface area contributed by atoms with Crippen LogP contribution in [0.1, 0.15) is 44.4 Å². The number of fused-ring (bicyclic) bond motifs is 1. The molecule has 2 aromatic carbocycles. The first-order valence-electron chi connectivity index (χ1n) is 11.5. The minimum absolute atomic E-state index is 0.131. The molecule has 0 N–H and O–H groups in total. The first-order valence-corrected chi connectivity index (χ1v) is 13.2. The van der Waals surface area contributed by atoms with Crippen molar-refractivity contribution in [2.24, 2.45) is 9.85 Å². The van der Waals surface area contributed by atoms with Crippen molar-refractivity contribution in [2.75, 3.05) is 32.1 Å². The average Bonchev–Trinajstić information content (AvgIpc) is 3.18. The van der Waals surface area contributed by atoms with Gasteiger partial charge in [0.2, 0.25) is 0 Å². The third-order valence-corrected chi connectivity index (χ3v) is 10.9. The zero-order valence-electron chi connectivity index (χ0n) is 20.7. The van der Waals surface area contributed by atoms with E-state index in [0.29, 0.717) is 0 Å². The third-order valence-electron chi connectivity index (χ3n) is 7.13. The first kappa shape index (κ1) is 22.8. The van der Waals surface area contributed by atoms with E-state index in [-0.39, 0.29) is 5.41 Å². The molecule has 0 fully saturated rings. The molecule has 0 aliphatic carbocycles. The predicted molar refractivity (Wildman–Crippen MR) is 139 cm³/mol. The summed E-state index contributed by atoms with van der Waals surface area (Å²) in [4.78, 5) is 2.37. The Kier molecular flexibility index (Phi) is 5.85. The van der Waals surface area contributed by atoms with Gasteiger partial charge in [0.25, 0.3) is 0 Å². The van der Waals surface area contributed by atoms with Gasteiger partial charge in [0.05, 0.1) is 17.2 Å². The average molecular weight is 450 g/mol. The van der Waals surface area contributed by atoms with Crippen LogP contribution >= 0.6 is 7.36 Å². The standard InChI is InChI=1S/C26H36N5P/c1-9-31(10-2)32(28-22-16-13-14-19(3)20(22)4)24(18-27-30(32)8)25-26(5,6)21-15-11-12-17-23(21)29(25)7/h11-18H,9-10H2,1-8H3. The van der Waals surface area contributed by atoms with Gasteiger partial charge < -0.3 is 4.90 Å². The van der Waals surface area contributed by atoms with Gasteiger partial charge in [-0.15, -0.1) is 0 Å². The lowest BCUT2D eigenvalue weighted by molar-refractivity contribution is 0.452. The van der Waals surface area contributed by atoms with Crippen molar-refractivity contribution < 1.29 is 0 Å². The van der Waals surface area contributed by atoms with Crippen LogP contribution < -0.4 is 4.90 Å². The highest BCUT2D eigenvalue weighted by Gasteiger charge is 2.47. The Morgan fingerprint density at radius 1 is 1.00 bits per heavy atom. The predicted octanol–water partition coefficient (Wildman–Crippen LogP) is 6.88. The summed E-state index contributed by atoms with van der Waals surface area (Å²) in [5, 5.41) is 6.14. The lowest BCUT2D eigenvalue weighted by Gasteiger charge is -2.39. The van der Waals surface area contributed by atoms with Crippen LogP contribution in [0.4, 0.5) is 11.4 Å². The minimum atomic E-state index is -2.31. The summed E-state index contributed by atoms with van der Waals surface area (Å²) in [5.41, 5.74) is 7.38. The monoisotopic (exact) mass is 449 g/mol. The van der Waals surface area contributed by atoms with E-state index >= 15 is 0 Å². The summed E-state index contributed by atoms with van der Waals surface area (Å²) >= 11 is 0. The van der Waals surface area contributed by atoms with Crippen molar-refractivity contribution >= 4 is 24.9 Å². The molecule has 2 aromatic rings. The highest BCUT2D eigenvalue weighted by molar-refractivity contribution is 7.67. The second-order valence-corrected chi connectivity index (χ2v) is 12.2. The first-order chi connectivity index (χ1) is 15.2. The van der Waals surface area contributed by atoms with Crippen molar-refractivity contribution in [3.05, 3.63) is 70.2 Å². The molecule has 0 saturated carbocycles. The molecule has 2 aliphatic heterocycles. The van der Waals surface area contributed by atoms with Gasteiger partial charge in [-0.05, 0) is 42.7 Å². The molecule has 0 spiro atoms. The van der Waals surface area contributed by atoms with Crippen LogP contribution in [0.3, 0.4) is 0 Å². The topological polar surface area (TPSA) is 34.4 Å². The van der Waals surface area contributed by atoms with Gasteiger partial charge in [-0.2, -0.15) is 5.10 Å². The van der Waals surface area contributed by atoms with Crippen molar-refractivity contribution in [2.45, 2.75) is 47.0 Å². The molecule has 0 bridgehead atoms. The largest absolute Gasteiger partial charge is 0.346 e. The Bertz CT molecular complexity index is 1160. The van der Waals surface area contributed by atoms with Gasteiger partial charge in [0, 0.05) is 44.0 Å². The molecule has 0 radical (unpaired) electrons. The van der Waals surface area contributed by atoms with E-state index in [9.17, 15) is 0 Å². The molecule has 2 aliphatic rings. The molecule has 4 rings (SSSR count). The molecule has 6 heteroatoms. The van der Waals surface area contributed by atoms with Crippen LogP contribution in [0.5, 0.6) is 0 Å². The molecule has 0 amide bonds. The Morgan fingerprint density at radius 3 is 2.34 bits per heavy atom. The van der Waals surface area contributed by atoms with Gasteiger partial charge >= 0.3 is 0 Å². The van der Waals surface area contributed by atoms with Crippen molar-refractivity contribution in [1.29, 1.82) is 0 Å². The van der Waals surface area contributed by atoms with E-state index < -0.39 is 7.36 Å². The lowest BCUT2D eigenvalue weighted by atomic mass is 9.84. The SMILES string of the molecule is CCN(CC)P1(=Nc2cccc(C)c2C)C(=C2N(C)c3ccccc3C2(C)C)C=NN1C. The number of aryl methyl sites for hydroxylation is 1. The van der Waals surface area contributed by atoms with Gasteiger partial charge in [0.1, 0.15) is 0 Å². The van der Waals surface area contributed by atoms with Crippen LogP contribution in [-0.2, 0) is 5.41 Å². The zero-order valence-corrected chi connectivity index (χ0v) is 21.6. The number of rotatable bonds is 4. The third kappa shape index (κ3) is 3.17. The van der Waals surface area contributed by atoms with Crippen LogP contribution in [0, 0.1) is 13.8 Å². The second kappa shape index (κ2) is 8.20. The van der Waals surface area contributed by atoms with E-state index in [1.165, 1.54) is 33.4 Å². The molecule has 1 unspecified atom stereocenters. The summed E-state index contributed by atoms with van der Waals surface area (Å²) in [6.45, 7) is 15.3. The molecule has 0 saturated heterocycles. The zero-order chi connectivity index (χ0) is 23.3. The molecule has 2 heterocycles. The van der Waals surface area contributed by atoms with Gasteiger partial charge in [-0.3, -0.25) is 0 Å². The fourth-order valence-electron chi connectivity index (χ4n) is 5.23. The molecule has 32 heavy (non-hydrogen) atoms. The van der Waals surface area contributed by atoms with Crippen molar-refractivity contribution in [3.8, 4) is 0 Å². The number of hydrogen-bond donors (Lipinski definition) is 0. The van der Waals surface area contributed by atoms with E-state index in [0.717, 1.165) is 18.8 Å². The Labute approximate surface area is 193 Å². The van der Waals surface area contributed by atoms with E-state index in [2.05, 4.69) is 119 Å².